The molecule has 200 valence electrons. The molecular weight excluding hydrogens is 608 g/mol. The highest BCUT2D eigenvalue weighted by molar-refractivity contribution is 9.10. The molecule has 0 saturated heterocycles. The van der Waals surface area contributed by atoms with Gasteiger partial charge in [0.1, 0.15) is 17.1 Å². The van der Waals surface area contributed by atoms with E-state index in [0.29, 0.717) is 20.3 Å². The number of aromatic nitrogens is 5. The van der Waals surface area contributed by atoms with Gasteiger partial charge in [0.25, 0.3) is 5.91 Å². The van der Waals surface area contributed by atoms with Crippen LogP contribution in [0.5, 0.6) is 5.75 Å². The van der Waals surface area contributed by atoms with Crippen molar-refractivity contribution < 1.29 is 27.1 Å². The normalized spacial score (nSPS) is 11.7. The van der Waals surface area contributed by atoms with Crippen LogP contribution >= 0.6 is 27.5 Å². The maximum Gasteiger partial charge on any atom is 0.433 e. The van der Waals surface area contributed by atoms with Crippen LogP contribution in [0.2, 0.25) is 5.02 Å². The third kappa shape index (κ3) is 5.32. The number of anilines is 1. The van der Waals surface area contributed by atoms with Crippen molar-refractivity contribution in [1.29, 1.82) is 0 Å². The van der Waals surface area contributed by atoms with Gasteiger partial charge in [-0.25, -0.2) is 13.9 Å². The van der Waals surface area contributed by atoms with E-state index in [1.165, 1.54) is 36.2 Å². The number of carbonyl (C=O) groups excluding carboxylic acids is 1. The summed E-state index contributed by atoms with van der Waals surface area (Å²) < 4.78 is 63.3. The predicted molar refractivity (Wildman–Crippen MR) is 138 cm³/mol. The highest BCUT2D eigenvalue weighted by atomic mass is 79.9. The number of hydrogen-bond acceptors (Lipinski definition) is 5. The van der Waals surface area contributed by atoms with Gasteiger partial charge in [-0.05, 0) is 58.4 Å². The van der Waals surface area contributed by atoms with Gasteiger partial charge in [0.15, 0.2) is 17.2 Å². The topological polar surface area (TPSA) is 86.3 Å². The minimum Gasteiger partial charge on any atom is -0.497 e. The zero-order valence-electron chi connectivity index (χ0n) is 19.8. The minimum absolute atomic E-state index is 0.0146. The molecule has 0 aliphatic heterocycles. The first-order chi connectivity index (χ1) is 18.5. The first kappa shape index (κ1) is 26.6. The quantitative estimate of drug-likeness (QED) is 0.219. The Bertz CT molecular complexity index is 1680. The number of nitrogens with one attached hydrogen (secondary N) is 1. The average Bonchev–Trinajstić information content (AvgIpc) is 3.48. The van der Waals surface area contributed by atoms with Gasteiger partial charge in [0, 0.05) is 22.3 Å². The monoisotopic (exact) mass is 622 g/mol. The van der Waals surface area contributed by atoms with Crippen molar-refractivity contribution in [3.8, 4) is 17.0 Å². The zero-order valence-corrected chi connectivity index (χ0v) is 22.1. The molecule has 0 unspecified atom stereocenters. The summed E-state index contributed by atoms with van der Waals surface area (Å²) in [7, 11) is 1.47. The second-order valence-electron chi connectivity index (χ2n) is 8.22. The van der Waals surface area contributed by atoms with Crippen LogP contribution in [0.1, 0.15) is 21.6 Å². The van der Waals surface area contributed by atoms with E-state index in [1.807, 2.05) is 0 Å². The van der Waals surface area contributed by atoms with Gasteiger partial charge >= 0.3 is 6.18 Å². The number of fused-ring (bicyclic) bond motifs is 1. The number of rotatable bonds is 6. The van der Waals surface area contributed by atoms with E-state index < -0.39 is 23.6 Å². The molecule has 0 radical (unpaired) electrons. The SMILES string of the molecule is COc1ccc(-c2cc(C(F)(F)F)n3ncc(C(=O)Nc4nn(Cc5c(F)cccc5Cl)cc4Br)c3n2)cc1. The van der Waals surface area contributed by atoms with Crippen LogP contribution in [0.25, 0.3) is 16.9 Å². The van der Waals surface area contributed by atoms with Crippen molar-refractivity contribution in [2.75, 3.05) is 12.4 Å². The fourth-order valence-corrected chi connectivity index (χ4v) is 4.46. The number of amides is 1. The maximum absolute atomic E-state index is 14.2. The number of carbonyl (C=O) groups is 1. The van der Waals surface area contributed by atoms with Gasteiger partial charge in [-0.1, -0.05) is 17.7 Å². The highest BCUT2D eigenvalue weighted by Gasteiger charge is 2.36. The van der Waals surface area contributed by atoms with Crippen molar-refractivity contribution in [3.05, 3.63) is 93.1 Å². The zero-order chi connectivity index (χ0) is 27.9. The summed E-state index contributed by atoms with van der Waals surface area (Å²) in [6.07, 6.45) is -2.29. The lowest BCUT2D eigenvalue weighted by Crippen LogP contribution is -2.16. The molecule has 0 aliphatic rings. The lowest BCUT2D eigenvalue weighted by molar-refractivity contribution is -0.142. The van der Waals surface area contributed by atoms with Crippen molar-refractivity contribution in [1.82, 2.24) is 24.4 Å². The highest BCUT2D eigenvalue weighted by Crippen LogP contribution is 2.33. The second kappa shape index (κ2) is 10.3. The van der Waals surface area contributed by atoms with Crippen LogP contribution < -0.4 is 10.1 Å². The Morgan fingerprint density at radius 3 is 2.59 bits per heavy atom. The largest absolute Gasteiger partial charge is 0.497 e. The van der Waals surface area contributed by atoms with Gasteiger partial charge in [-0.15, -0.1) is 0 Å². The van der Waals surface area contributed by atoms with E-state index in [1.54, 1.807) is 24.3 Å². The molecule has 0 fully saturated rings. The Hall–Kier alpha value is -3.97. The number of ether oxygens (including phenoxy) is 1. The van der Waals surface area contributed by atoms with E-state index >= 15 is 0 Å². The number of benzene rings is 2. The van der Waals surface area contributed by atoms with Crippen molar-refractivity contribution in [3.63, 3.8) is 0 Å². The van der Waals surface area contributed by atoms with Crippen LogP contribution in [0.15, 0.2) is 65.4 Å². The Balaban J connectivity index is 1.49. The molecule has 5 aromatic rings. The van der Waals surface area contributed by atoms with Crippen molar-refractivity contribution >= 4 is 44.9 Å². The molecule has 5 rings (SSSR count). The van der Waals surface area contributed by atoms with Crippen LogP contribution in [0.4, 0.5) is 23.4 Å². The van der Waals surface area contributed by atoms with Crippen LogP contribution in [-0.2, 0) is 12.7 Å². The Labute approximate surface area is 231 Å². The van der Waals surface area contributed by atoms with E-state index in [4.69, 9.17) is 16.3 Å². The molecule has 0 bridgehead atoms. The van der Waals surface area contributed by atoms with E-state index in [9.17, 15) is 22.4 Å². The van der Waals surface area contributed by atoms with Crippen molar-refractivity contribution in [2.24, 2.45) is 0 Å². The molecule has 39 heavy (non-hydrogen) atoms. The van der Waals surface area contributed by atoms with Gasteiger partial charge in [-0.2, -0.15) is 23.4 Å². The lowest BCUT2D eigenvalue weighted by Gasteiger charge is -2.12. The number of halogens is 6. The number of hydrogen-bond donors (Lipinski definition) is 1. The van der Waals surface area contributed by atoms with Gasteiger partial charge in [0.05, 0.1) is 30.0 Å². The smallest absolute Gasteiger partial charge is 0.433 e. The molecule has 0 atom stereocenters. The van der Waals surface area contributed by atoms with E-state index in [-0.39, 0.29) is 39.9 Å². The molecule has 1 amide bonds. The first-order valence-electron chi connectivity index (χ1n) is 11.1. The second-order valence-corrected chi connectivity index (χ2v) is 9.49. The summed E-state index contributed by atoms with van der Waals surface area (Å²) in [5, 5.41) is 10.7. The Morgan fingerprint density at radius 2 is 1.92 bits per heavy atom. The number of methoxy groups -OCH3 is 1. The first-order valence-corrected chi connectivity index (χ1v) is 12.3. The summed E-state index contributed by atoms with van der Waals surface area (Å²) in [4.78, 5) is 17.5. The predicted octanol–water partition coefficient (Wildman–Crippen LogP) is 6.48. The summed E-state index contributed by atoms with van der Waals surface area (Å²) in [5.41, 5.74) is -1.06. The molecule has 2 aromatic carbocycles. The van der Waals surface area contributed by atoms with E-state index in [0.717, 1.165) is 12.3 Å². The molecule has 0 saturated carbocycles. The Morgan fingerprint density at radius 1 is 1.18 bits per heavy atom. The van der Waals surface area contributed by atoms with Crippen LogP contribution in [0.3, 0.4) is 0 Å². The van der Waals surface area contributed by atoms with Crippen LogP contribution in [-0.4, -0.2) is 37.4 Å². The standard InChI is InChI=1S/C25H16BrClF4N6O2/c1-39-14-7-5-13(6-8-14)20-9-21(25(29,30)31)37-23(33-20)15(10-32-37)24(38)34-22-17(26)12-36(35-22)11-16-18(27)3-2-4-19(16)28/h2-10,12H,11H2,1H3,(H,34,35,38). The molecule has 1 N–H and O–H groups in total. The molecule has 3 aromatic heterocycles. The van der Waals surface area contributed by atoms with Crippen molar-refractivity contribution in [2.45, 2.75) is 12.7 Å². The summed E-state index contributed by atoms with van der Waals surface area (Å²) in [6, 6.07) is 11.4. The van der Waals surface area contributed by atoms with Gasteiger partial charge < -0.3 is 10.1 Å². The lowest BCUT2D eigenvalue weighted by atomic mass is 10.1. The number of alkyl halides is 3. The Kier molecular flexibility index (Phi) is 7.03. The third-order valence-corrected chi connectivity index (χ3v) is 6.66. The average molecular weight is 624 g/mol. The maximum atomic E-state index is 14.2. The fraction of sp³-hybridized carbons (Fsp3) is 0.120. The van der Waals surface area contributed by atoms with E-state index in [2.05, 4.69) is 36.4 Å². The van der Waals surface area contributed by atoms with Gasteiger partial charge in [0.2, 0.25) is 0 Å². The number of nitrogens with zero attached hydrogens (tertiary/aromatic N) is 5. The van der Waals surface area contributed by atoms with Gasteiger partial charge in [-0.3, -0.25) is 9.48 Å². The molecule has 0 spiro atoms. The molecule has 14 heteroatoms. The summed E-state index contributed by atoms with van der Waals surface area (Å²) in [6.45, 7) is -0.0294. The molecule has 0 aliphatic carbocycles. The fourth-order valence-electron chi connectivity index (χ4n) is 3.82. The molecule has 8 nitrogen and oxygen atoms in total. The summed E-state index contributed by atoms with van der Waals surface area (Å²) >= 11 is 9.37. The summed E-state index contributed by atoms with van der Waals surface area (Å²) in [5.74, 6) is -0.755. The minimum atomic E-state index is -4.78. The third-order valence-electron chi connectivity index (χ3n) is 5.72. The molecule has 3 heterocycles. The molecular formula is C25H16BrClF4N6O2. The van der Waals surface area contributed by atoms with Crippen LogP contribution in [0, 0.1) is 5.82 Å².